The maximum absolute atomic E-state index is 11.3. The molecule has 90 valence electrons. The van der Waals surface area contributed by atoms with Crippen LogP contribution in [-0.4, -0.2) is 31.6 Å². The van der Waals surface area contributed by atoms with Gasteiger partial charge in [-0.3, -0.25) is 0 Å². The van der Waals surface area contributed by atoms with Crippen molar-refractivity contribution in [3.8, 4) is 0 Å². The Labute approximate surface area is 95.9 Å². The number of hydrogen-bond donors (Lipinski definition) is 0. The van der Waals surface area contributed by atoms with Gasteiger partial charge < -0.3 is 14.2 Å². The van der Waals surface area contributed by atoms with Gasteiger partial charge in [0.25, 0.3) is 0 Å². The molecule has 0 N–H and O–H groups in total. The second kappa shape index (κ2) is 6.45. The predicted molar refractivity (Wildman–Crippen MR) is 59.8 cm³/mol. The Morgan fingerprint density at radius 3 is 2.94 bits per heavy atom. The maximum atomic E-state index is 11.3. The fraction of sp³-hybridized carbons (Fsp3) is 0.583. The van der Waals surface area contributed by atoms with Crippen molar-refractivity contribution in [1.29, 1.82) is 0 Å². The van der Waals surface area contributed by atoms with Crippen LogP contribution in [0, 0.1) is 0 Å². The average Bonchev–Trinajstić information content (AvgIpc) is 2.73. The summed E-state index contributed by atoms with van der Waals surface area (Å²) in [6.45, 7) is 9.75. The molecule has 4 nitrogen and oxygen atoms in total. The molecular formula is C12H18O4. The highest BCUT2D eigenvalue weighted by atomic mass is 16.7. The first-order chi connectivity index (χ1) is 7.67. The molecule has 0 bridgehead atoms. The summed E-state index contributed by atoms with van der Waals surface area (Å²) in [5.74, 6) is -0.446. The standard InChI is InChI=1S/C12H18O4/c1-4-9(3)12(13)15-8-10-6-7-11(16-10)14-5-2/h4,10-11H,1,3,5-8H2,2H3. The SMILES string of the molecule is C=CC(=C)C(=O)OCC1CCC(OCC)O1. The summed E-state index contributed by atoms with van der Waals surface area (Å²) in [4.78, 5) is 11.3. The number of hydrogen-bond acceptors (Lipinski definition) is 4. The number of esters is 1. The lowest BCUT2D eigenvalue weighted by atomic mass is 10.2. The van der Waals surface area contributed by atoms with E-state index in [-0.39, 0.29) is 24.6 Å². The topological polar surface area (TPSA) is 44.8 Å². The largest absolute Gasteiger partial charge is 0.459 e. The Morgan fingerprint density at radius 1 is 1.56 bits per heavy atom. The summed E-state index contributed by atoms with van der Waals surface area (Å²) in [6, 6.07) is 0. The molecule has 0 aromatic carbocycles. The molecule has 0 aliphatic carbocycles. The van der Waals surface area contributed by atoms with Gasteiger partial charge in [0.05, 0.1) is 11.7 Å². The Hall–Kier alpha value is -1.13. The van der Waals surface area contributed by atoms with Gasteiger partial charge in [0.2, 0.25) is 0 Å². The number of rotatable bonds is 6. The average molecular weight is 226 g/mol. The lowest BCUT2D eigenvalue weighted by Gasteiger charge is -2.13. The van der Waals surface area contributed by atoms with Crippen LogP contribution in [0.15, 0.2) is 24.8 Å². The molecule has 0 aromatic heterocycles. The first-order valence-corrected chi connectivity index (χ1v) is 5.43. The fourth-order valence-electron chi connectivity index (χ4n) is 1.45. The maximum Gasteiger partial charge on any atom is 0.337 e. The molecule has 2 atom stereocenters. The van der Waals surface area contributed by atoms with Crippen LogP contribution in [0.5, 0.6) is 0 Å². The van der Waals surface area contributed by atoms with Gasteiger partial charge in [0, 0.05) is 13.0 Å². The summed E-state index contributed by atoms with van der Waals surface area (Å²) in [5.41, 5.74) is 0.263. The molecule has 4 heteroatoms. The van der Waals surface area contributed by atoms with Crippen LogP contribution in [-0.2, 0) is 19.0 Å². The van der Waals surface area contributed by atoms with Crippen LogP contribution in [0.3, 0.4) is 0 Å². The van der Waals surface area contributed by atoms with Crippen LogP contribution in [0.1, 0.15) is 19.8 Å². The van der Waals surface area contributed by atoms with Crippen molar-refractivity contribution >= 4 is 5.97 Å². The van der Waals surface area contributed by atoms with Gasteiger partial charge in [0.15, 0.2) is 6.29 Å². The van der Waals surface area contributed by atoms with Crippen LogP contribution in [0.2, 0.25) is 0 Å². The van der Waals surface area contributed by atoms with Crippen LogP contribution < -0.4 is 0 Å². The number of carbonyl (C=O) groups excluding carboxylic acids is 1. The highest BCUT2D eigenvalue weighted by Gasteiger charge is 2.26. The van der Waals surface area contributed by atoms with Crippen LogP contribution in [0.25, 0.3) is 0 Å². The highest BCUT2D eigenvalue weighted by Crippen LogP contribution is 2.20. The third-order valence-corrected chi connectivity index (χ3v) is 2.33. The Morgan fingerprint density at radius 2 is 2.31 bits per heavy atom. The van der Waals surface area contributed by atoms with Crippen molar-refractivity contribution in [3.63, 3.8) is 0 Å². The molecule has 1 saturated heterocycles. The van der Waals surface area contributed by atoms with E-state index in [1.165, 1.54) is 6.08 Å². The van der Waals surface area contributed by atoms with E-state index in [4.69, 9.17) is 14.2 Å². The summed E-state index contributed by atoms with van der Waals surface area (Å²) >= 11 is 0. The van der Waals surface area contributed by atoms with Gasteiger partial charge in [-0.2, -0.15) is 0 Å². The minimum absolute atomic E-state index is 0.0712. The van der Waals surface area contributed by atoms with Gasteiger partial charge in [-0.15, -0.1) is 0 Å². The number of carbonyl (C=O) groups is 1. The molecule has 2 unspecified atom stereocenters. The molecule has 1 aliphatic rings. The van der Waals surface area contributed by atoms with Crippen molar-refractivity contribution in [2.45, 2.75) is 32.2 Å². The Balaban J connectivity index is 2.22. The third-order valence-electron chi connectivity index (χ3n) is 2.33. The molecule has 0 saturated carbocycles. The zero-order chi connectivity index (χ0) is 12.0. The quantitative estimate of drug-likeness (QED) is 0.393. The molecule has 0 spiro atoms. The summed E-state index contributed by atoms with van der Waals surface area (Å²) in [5, 5.41) is 0. The molecule has 0 radical (unpaired) electrons. The van der Waals surface area contributed by atoms with Crippen LogP contribution in [0.4, 0.5) is 0 Å². The zero-order valence-electron chi connectivity index (χ0n) is 9.61. The molecule has 1 rings (SSSR count). The minimum Gasteiger partial charge on any atom is -0.459 e. The van der Waals surface area contributed by atoms with Crippen molar-refractivity contribution < 1.29 is 19.0 Å². The smallest absolute Gasteiger partial charge is 0.337 e. The second-order valence-electron chi connectivity index (χ2n) is 3.55. The van der Waals surface area contributed by atoms with Crippen molar-refractivity contribution in [1.82, 2.24) is 0 Å². The van der Waals surface area contributed by atoms with Gasteiger partial charge >= 0.3 is 5.97 Å². The summed E-state index contributed by atoms with van der Waals surface area (Å²) < 4.78 is 15.8. The normalized spacial score (nSPS) is 24.1. The molecule has 1 fully saturated rings. The fourth-order valence-corrected chi connectivity index (χ4v) is 1.45. The van der Waals surface area contributed by atoms with Crippen molar-refractivity contribution in [2.75, 3.05) is 13.2 Å². The van der Waals surface area contributed by atoms with Gasteiger partial charge in [-0.25, -0.2) is 4.79 Å². The van der Waals surface area contributed by atoms with E-state index in [0.29, 0.717) is 6.61 Å². The Bertz CT molecular complexity index is 272. The lowest BCUT2D eigenvalue weighted by molar-refractivity contribution is -0.156. The molecular weight excluding hydrogens is 208 g/mol. The van der Waals surface area contributed by atoms with Crippen LogP contribution >= 0.6 is 0 Å². The highest BCUT2D eigenvalue weighted by molar-refractivity contribution is 5.90. The molecule has 1 aliphatic heterocycles. The molecule has 1 heterocycles. The van der Waals surface area contributed by atoms with E-state index >= 15 is 0 Å². The number of ether oxygens (including phenoxy) is 3. The molecule has 0 aromatic rings. The monoisotopic (exact) mass is 226 g/mol. The van der Waals surface area contributed by atoms with E-state index in [2.05, 4.69) is 13.2 Å². The Kier molecular flexibility index (Phi) is 5.22. The van der Waals surface area contributed by atoms with Crippen molar-refractivity contribution in [2.24, 2.45) is 0 Å². The first kappa shape index (κ1) is 12.9. The van der Waals surface area contributed by atoms with E-state index in [1.807, 2.05) is 6.92 Å². The second-order valence-corrected chi connectivity index (χ2v) is 3.55. The minimum atomic E-state index is -0.446. The van der Waals surface area contributed by atoms with E-state index in [1.54, 1.807) is 0 Å². The third kappa shape index (κ3) is 3.79. The van der Waals surface area contributed by atoms with E-state index in [9.17, 15) is 4.79 Å². The van der Waals surface area contributed by atoms with Crippen molar-refractivity contribution in [3.05, 3.63) is 24.8 Å². The predicted octanol–water partition coefficient (Wildman–Crippen LogP) is 1.81. The zero-order valence-corrected chi connectivity index (χ0v) is 9.61. The molecule has 0 amide bonds. The van der Waals surface area contributed by atoms with E-state index < -0.39 is 5.97 Å². The van der Waals surface area contributed by atoms with E-state index in [0.717, 1.165) is 12.8 Å². The van der Waals surface area contributed by atoms with Gasteiger partial charge in [-0.1, -0.05) is 19.2 Å². The van der Waals surface area contributed by atoms with Gasteiger partial charge in [-0.05, 0) is 13.3 Å². The first-order valence-electron chi connectivity index (χ1n) is 5.43. The lowest BCUT2D eigenvalue weighted by Crippen LogP contribution is -2.21. The van der Waals surface area contributed by atoms with Gasteiger partial charge in [0.1, 0.15) is 6.61 Å². The summed E-state index contributed by atoms with van der Waals surface area (Å²) in [6.07, 6.45) is 2.84. The molecule has 16 heavy (non-hydrogen) atoms. The summed E-state index contributed by atoms with van der Waals surface area (Å²) in [7, 11) is 0.